The number of esters is 1. The van der Waals surface area contributed by atoms with Gasteiger partial charge in [-0.15, -0.1) is 0 Å². The molecule has 1 rings (SSSR count). The number of nitrogens with zero attached hydrogens (tertiary/aromatic N) is 1. The van der Waals surface area contributed by atoms with E-state index < -0.39 is 0 Å². The summed E-state index contributed by atoms with van der Waals surface area (Å²) in [5.41, 5.74) is 0. The molecule has 1 amide bonds. The molecule has 1 fully saturated rings. The van der Waals surface area contributed by atoms with Gasteiger partial charge in [0.2, 0.25) is 5.91 Å². The van der Waals surface area contributed by atoms with Gasteiger partial charge in [0.25, 0.3) is 0 Å². The maximum Gasteiger partial charge on any atom is 0.324 e. The largest absolute Gasteiger partial charge is 0.465 e. The van der Waals surface area contributed by atoms with Crippen molar-refractivity contribution >= 4 is 11.9 Å². The first-order valence-electron chi connectivity index (χ1n) is 6.01. The predicted octanol–water partition coefficient (Wildman–Crippen LogP) is -1.04. The van der Waals surface area contributed by atoms with Gasteiger partial charge in [0.1, 0.15) is 6.04 Å². The molecule has 6 nitrogen and oxygen atoms in total. The van der Waals surface area contributed by atoms with Crippen LogP contribution in [0.2, 0.25) is 0 Å². The Balaban J connectivity index is 2.47. The van der Waals surface area contributed by atoms with Gasteiger partial charge in [0.15, 0.2) is 0 Å². The van der Waals surface area contributed by atoms with Crippen molar-refractivity contribution in [2.75, 3.05) is 39.8 Å². The number of nitrogens with one attached hydrogen (secondary N) is 2. The molecule has 0 radical (unpaired) electrons. The molecule has 1 saturated heterocycles. The van der Waals surface area contributed by atoms with E-state index in [0.29, 0.717) is 26.1 Å². The third-order valence-corrected chi connectivity index (χ3v) is 2.82. The second-order valence-electron chi connectivity index (χ2n) is 3.93. The van der Waals surface area contributed by atoms with Gasteiger partial charge in [0, 0.05) is 39.6 Å². The number of carbonyl (C=O) groups is 2. The Morgan fingerprint density at radius 3 is 2.94 bits per heavy atom. The zero-order chi connectivity index (χ0) is 12.7. The molecule has 1 atom stereocenters. The Bertz CT molecular complexity index is 271. The maximum atomic E-state index is 11.7. The molecule has 17 heavy (non-hydrogen) atoms. The Morgan fingerprint density at radius 1 is 1.53 bits per heavy atom. The first-order chi connectivity index (χ1) is 8.19. The molecule has 1 aliphatic heterocycles. The minimum Gasteiger partial charge on any atom is -0.465 e. The molecule has 98 valence electrons. The quantitative estimate of drug-likeness (QED) is 0.604. The summed E-state index contributed by atoms with van der Waals surface area (Å²) in [4.78, 5) is 24.9. The summed E-state index contributed by atoms with van der Waals surface area (Å²) in [6, 6.07) is -0.270. The molecule has 0 saturated carbocycles. The third kappa shape index (κ3) is 4.32. The lowest BCUT2D eigenvalue weighted by Crippen LogP contribution is -2.55. The van der Waals surface area contributed by atoms with Crippen molar-refractivity contribution in [3.05, 3.63) is 0 Å². The molecule has 0 aromatic rings. The SMILES string of the molecule is CCOC(=O)C1CNCCN1CCC(=O)NC. The number of rotatable bonds is 5. The number of piperazine rings is 1. The molecule has 0 spiro atoms. The Kier molecular flexibility index (Phi) is 5.93. The summed E-state index contributed by atoms with van der Waals surface area (Å²) in [6.45, 7) is 4.96. The van der Waals surface area contributed by atoms with E-state index in [-0.39, 0.29) is 17.9 Å². The minimum atomic E-state index is -0.270. The zero-order valence-electron chi connectivity index (χ0n) is 10.5. The van der Waals surface area contributed by atoms with Crippen LogP contribution in [0.1, 0.15) is 13.3 Å². The normalized spacial score (nSPS) is 20.9. The van der Waals surface area contributed by atoms with E-state index in [9.17, 15) is 9.59 Å². The summed E-state index contributed by atoms with van der Waals surface area (Å²) in [5.74, 6) is -0.220. The molecule has 0 aromatic carbocycles. The first kappa shape index (κ1) is 13.9. The van der Waals surface area contributed by atoms with Crippen LogP contribution in [0, 0.1) is 0 Å². The Morgan fingerprint density at radius 2 is 2.29 bits per heavy atom. The molecule has 1 heterocycles. The summed E-state index contributed by atoms with van der Waals surface area (Å²) in [6.07, 6.45) is 0.409. The van der Waals surface area contributed by atoms with Crippen LogP contribution in [0.4, 0.5) is 0 Å². The average molecular weight is 243 g/mol. The van der Waals surface area contributed by atoms with E-state index in [0.717, 1.165) is 13.1 Å². The number of carbonyl (C=O) groups excluding carboxylic acids is 2. The summed E-state index contributed by atoms with van der Waals surface area (Å²) in [5, 5.41) is 5.74. The fourth-order valence-electron chi connectivity index (χ4n) is 1.86. The van der Waals surface area contributed by atoms with E-state index in [4.69, 9.17) is 4.74 Å². The van der Waals surface area contributed by atoms with E-state index in [1.54, 1.807) is 14.0 Å². The lowest BCUT2D eigenvalue weighted by Gasteiger charge is -2.34. The summed E-state index contributed by atoms with van der Waals surface area (Å²) in [7, 11) is 1.61. The van der Waals surface area contributed by atoms with Crippen molar-refractivity contribution < 1.29 is 14.3 Å². The molecular formula is C11H21N3O3. The highest BCUT2D eigenvalue weighted by Crippen LogP contribution is 2.06. The predicted molar refractivity (Wildman–Crippen MR) is 63.5 cm³/mol. The molecule has 0 bridgehead atoms. The van der Waals surface area contributed by atoms with Crippen LogP contribution in [0.5, 0.6) is 0 Å². The molecule has 1 aliphatic rings. The van der Waals surface area contributed by atoms with E-state index in [1.807, 2.05) is 4.90 Å². The monoisotopic (exact) mass is 243 g/mol. The fraction of sp³-hybridized carbons (Fsp3) is 0.818. The third-order valence-electron chi connectivity index (χ3n) is 2.82. The topological polar surface area (TPSA) is 70.7 Å². The van der Waals surface area contributed by atoms with Crippen LogP contribution in [-0.2, 0) is 14.3 Å². The minimum absolute atomic E-state index is 0.00820. The average Bonchev–Trinajstić information content (AvgIpc) is 2.36. The van der Waals surface area contributed by atoms with Gasteiger partial charge in [-0.2, -0.15) is 0 Å². The molecule has 1 unspecified atom stereocenters. The van der Waals surface area contributed by atoms with Crippen molar-refractivity contribution in [2.24, 2.45) is 0 Å². The van der Waals surface area contributed by atoms with Gasteiger partial charge < -0.3 is 15.4 Å². The van der Waals surface area contributed by atoms with Crippen LogP contribution in [0.15, 0.2) is 0 Å². The number of hydrogen-bond acceptors (Lipinski definition) is 5. The van der Waals surface area contributed by atoms with Crippen LogP contribution >= 0.6 is 0 Å². The van der Waals surface area contributed by atoms with Crippen molar-refractivity contribution in [3.63, 3.8) is 0 Å². The zero-order valence-corrected chi connectivity index (χ0v) is 10.5. The van der Waals surface area contributed by atoms with E-state index in [1.165, 1.54) is 0 Å². The van der Waals surface area contributed by atoms with Crippen LogP contribution in [0.3, 0.4) is 0 Å². The van der Waals surface area contributed by atoms with Gasteiger partial charge in [-0.1, -0.05) is 0 Å². The number of amides is 1. The Hall–Kier alpha value is -1.14. The summed E-state index contributed by atoms with van der Waals surface area (Å²) < 4.78 is 5.02. The van der Waals surface area contributed by atoms with Gasteiger partial charge in [0.05, 0.1) is 6.61 Å². The molecular weight excluding hydrogens is 222 g/mol. The molecule has 2 N–H and O–H groups in total. The van der Waals surface area contributed by atoms with Crippen LogP contribution in [0.25, 0.3) is 0 Å². The summed E-state index contributed by atoms with van der Waals surface area (Å²) >= 11 is 0. The van der Waals surface area contributed by atoms with Gasteiger partial charge >= 0.3 is 5.97 Å². The highest BCUT2D eigenvalue weighted by molar-refractivity contribution is 5.77. The number of ether oxygens (including phenoxy) is 1. The molecule has 0 aliphatic carbocycles. The second-order valence-corrected chi connectivity index (χ2v) is 3.93. The smallest absolute Gasteiger partial charge is 0.324 e. The number of hydrogen-bond donors (Lipinski definition) is 2. The van der Waals surface area contributed by atoms with Gasteiger partial charge in [-0.05, 0) is 6.92 Å². The van der Waals surface area contributed by atoms with Gasteiger partial charge in [-0.25, -0.2) is 0 Å². The highest BCUT2D eigenvalue weighted by Gasteiger charge is 2.29. The fourth-order valence-corrected chi connectivity index (χ4v) is 1.86. The van der Waals surface area contributed by atoms with Gasteiger partial charge in [-0.3, -0.25) is 14.5 Å². The van der Waals surface area contributed by atoms with Crippen LogP contribution < -0.4 is 10.6 Å². The van der Waals surface area contributed by atoms with Crippen molar-refractivity contribution in [3.8, 4) is 0 Å². The highest BCUT2D eigenvalue weighted by atomic mass is 16.5. The van der Waals surface area contributed by atoms with E-state index in [2.05, 4.69) is 10.6 Å². The maximum absolute atomic E-state index is 11.7. The van der Waals surface area contributed by atoms with Crippen LogP contribution in [-0.4, -0.2) is 62.7 Å². The van der Waals surface area contributed by atoms with E-state index >= 15 is 0 Å². The Labute approximate surface area is 102 Å². The first-order valence-corrected chi connectivity index (χ1v) is 6.01. The second kappa shape index (κ2) is 7.24. The molecule has 6 heteroatoms. The van der Waals surface area contributed by atoms with Crippen molar-refractivity contribution in [1.82, 2.24) is 15.5 Å². The standard InChI is InChI=1S/C11H21N3O3/c1-3-17-11(16)9-8-13-5-7-14(9)6-4-10(15)12-2/h9,13H,3-8H2,1-2H3,(H,12,15). The van der Waals surface area contributed by atoms with Crippen molar-refractivity contribution in [2.45, 2.75) is 19.4 Å². The lowest BCUT2D eigenvalue weighted by molar-refractivity contribution is -0.150. The van der Waals surface area contributed by atoms with Crippen molar-refractivity contribution in [1.29, 1.82) is 0 Å². The lowest BCUT2D eigenvalue weighted by atomic mass is 10.2. The molecule has 0 aromatic heterocycles.